The van der Waals surface area contributed by atoms with Crippen LogP contribution in [-0.4, -0.2) is 41.4 Å². The van der Waals surface area contributed by atoms with E-state index in [1.54, 1.807) is 0 Å². The molecule has 0 spiro atoms. The maximum Gasteiger partial charge on any atom is 0.304 e. The van der Waals surface area contributed by atoms with Gasteiger partial charge >= 0.3 is 5.97 Å². The highest BCUT2D eigenvalue weighted by Crippen LogP contribution is 2.24. The van der Waals surface area contributed by atoms with Crippen molar-refractivity contribution in [3.05, 3.63) is 60.2 Å². The Morgan fingerprint density at radius 3 is 2.36 bits per heavy atom. The van der Waals surface area contributed by atoms with Crippen molar-refractivity contribution >= 4 is 11.8 Å². The van der Waals surface area contributed by atoms with Gasteiger partial charge in [0.25, 0.3) is 0 Å². The number of likely N-dealkylation sites (tertiary alicyclic amines) is 1. The topological polar surface area (TPSA) is 57.6 Å². The summed E-state index contributed by atoms with van der Waals surface area (Å²) in [5.74, 6) is -0.658. The van der Waals surface area contributed by atoms with Crippen LogP contribution in [0.4, 0.5) is 0 Å². The number of rotatable bonds is 6. The molecule has 1 heterocycles. The third kappa shape index (κ3) is 4.54. The molecule has 0 aliphatic carbocycles. The van der Waals surface area contributed by atoms with Crippen LogP contribution in [-0.2, 0) is 4.79 Å². The number of aliphatic carboxylic acids is 1. The predicted octanol–water partition coefficient (Wildman–Crippen LogP) is 3.72. The van der Waals surface area contributed by atoms with Gasteiger partial charge < -0.3 is 10.0 Å². The van der Waals surface area contributed by atoms with Gasteiger partial charge in [-0.05, 0) is 30.5 Å². The van der Waals surface area contributed by atoms with Gasteiger partial charge in [-0.1, -0.05) is 54.6 Å². The molecule has 0 bridgehead atoms. The van der Waals surface area contributed by atoms with E-state index >= 15 is 0 Å². The first-order chi connectivity index (χ1) is 12.1. The van der Waals surface area contributed by atoms with Crippen LogP contribution in [0.1, 0.15) is 29.6 Å². The Labute approximate surface area is 148 Å². The molecule has 130 valence electrons. The molecule has 1 aliphatic rings. The summed E-state index contributed by atoms with van der Waals surface area (Å²) in [6.07, 6.45) is 1.95. The van der Waals surface area contributed by atoms with Crippen LogP contribution in [0.25, 0.3) is 11.1 Å². The van der Waals surface area contributed by atoms with Gasteiger partial charge in [0.2, 0.25) is 0 Å². The van der Waals surface area contributed by atoms with Crippen LogP contribution in [0.3, 0.4) is 0 Å². The molecule has 1 saturated heterocycles. The van der Waals surface area contributed by atoms with E-state index in [0.29, 0.717) is 13.1 Å². The summed E-state index contributed by atoms with van der Waals surface area (Å²) in [5, 5.41) is 8.82. The maximum absolute atomic E-state index is 12.8. The van der Waals surface area contributed by atoms with Crippen molar-refractivity contribution in [2.45, 2.75) is 19.3 Å². The van der Waals surface area contributed by atoms with Crippen molar-refractivity contribution in [1.82, 2.24) is 4.90 Å². The molecule has 0 unspecified atom stereocenters. The second-order valence-electron chi connectivity index (χ2n) is 6.59. The Morgan fingerprint density at radius 2 is 1.68 bits per heavy atom. The number of nitrogens with zero attached hydrogens (tertiary/aromatic N) is 1. The van der Waals surface area contributed by atoms with Gasteiger partial charge in [-0.25, -0.2) is 0 Å². The molecule has 0 amide bonds. The second-order valence-corrected chi connectivity index (χ2v) is 6.59. The summed E-state index contributed by atoms with van der Waals surface area (Å²) in [7, 11) is 0. The van der Waals surface area contributed by atoms with E-state index in [1.165, 1.54) is 0 Å². The van der Waals surface area contributed by atoms with E-state index in [1.807, 2.05) is 42.5 Å². The van der Waals surface area contributed by atoms with E-state index in [0.717, 1.165) is 36.1 Å². The van der Waals surface area contributed by atoms with Crippen LogP contribution < -0.4 is 0 Å². The smallest absolute Gasteiger partial charge is 0.304 e. The lowest BCUT2D eigenvalue weighted by atomic mass is 9.89. The molecular formula is C21H23NO3. The quantitative estimate of drug-likeness (QED) is 0.816. The molecule has 1 N–H and O–H groups in total. The number of carboxylic acid groups (broad SMARTS) is 1. The average molecular weight is 337 g/mol. The van der Waals surface area contributed by atoms with E-state index in [-0.39, 0.29) is 18.1 Å². The minimum Gasteiger partial charge on any atom is -0.481 e. The highest BCUT2D eigenvalue weighted by Gasteiger charge is 2.26. The van der Waals surface area contributed by atoms with E-state index in [2.05, 4.69) is 17.0 Å². The second kappa shape index (κ2) is 8.08. The van der Waals surface area contributed by atoms with Gasteiger partial charge in [-0.3, -0.25) is 9.59 Å². The number of carboxylic acids is 1. The molecule has 3 rings (SSSR count). The molecule has 0 aromatic heterocycles. The zero-order valence-electron chi connectivity index (χ0n) is 14.2. The van der Waals surface area contributed by atoms with Crippen LogP contribution >= 0.6 is 0 Å². The average Bonchev–Trinajstić information content (AvgIpc) is 2.67. The van der Waals surface area contributed by atoms with Gasteiger partial charge in [0.15, 0.2) is 5.78 Å². The minimum absolute atomic E-state index is 0.0369. The summed E-state index contributed by atoms with van der Waals surface area (Å²) in [6.45, 7) is 2.06. The molecule has 1 fully saturated rings. The normalized spacial score (nSPS) is 18.0. The van der Waals surface area contributed by atoms with E-state index in [9.17, 15) is 9.59 Å². The standard InChI is InChI=1S/C21H23NO3/c23-20(24)12-14-22-13-4-7-19(15-22)21(25)18-10-8-17(9-11-18)16-5-2-1-3-6-16/h1-3,5-6,8-11,19H,4,7,12-15H2,(H,23,24)/t19-/m1/s1. The summed E-state index contributed by atoms with van der Waals surface area (Å²) >= 11 is 0. The van der Waals surface area contributed by atoms with Crippen molar-refractivity contribution in [1.29, 1.82) is 0 Å². The fraction of sp³-hybridized carbons (Fsp3) is 0.333. The number of carbonyl (C=O) groups excluding carboxylic acids is 1. The van der Waals surface area contributed by atoms with Gasteiger partial charge in [0.05, 0.1) is 6.42 Å². The molecule has 4 nitrogen and oxygen atoms in total. The summed E-state index contributed by atoms with van der Waals surface area (Å²) in [5.41, 5.74) is 2.98. The van der Waals surface area contributed by atoms with Crippen molar-refractivity contribution in [3.8, 4) is 11.1 Å². The number of Topliss-reactive ketones (excluding diaryl/α,β-unsaturated/α-hetero) is 1. The molecule has 2 aromatic rings. The highest BCUT2D eigenvalue weighted by molar-refractivity contribution is 5.98. The van der Waals surface area contributed by atoms with Gasteiger partial charge in [0, 0.05) is 24.6 Å². The molecular weight excluding hydrogens is 314 g/mol. The molecule has 25 heavy (non-hydrogen) atoms. The SMILES string of the molecule is O=C(O)CCN1CCC[C@@H](C(=O)c2ccc(-c3ccccc3)cc2)C1. The molecule has 2 aromatic carbocycles. The van der Waals surface area contributed by atoms with Crippen molar-refractivity contribution < 1.29 is 14.7 Å². The first-order valence-corrected chi connectivity index (χ1v) is 8.77. The fourth-order valence-corrected chi connectivity index (χ4v) is 3.42. The largest absolute Gasteiger partial charge is 0.481 e. The molecule has 0 radical (unpaired) electrons. The van der Waals surface area contributed by atoms with E-state index in [4.69, 9.17) is 5.11 Å². The Hall–Kier alpha value is -2.46. The molecule has 0 saturated carbocycles. The van der Waals surface area contributed by atoms with Gasteiger partial charge in [-0.2, -0.15) is 0 Å². The number of ketones is 1. The third-order valence-corrected chi connectivity index (χ3v) is 4.79. The Kier molecular flexibility index (Phi) is 5.61. The Bertz CT molecular complexity index is 725. The monoisotopic (exact) mass is 337 g/mol. The Morgan fingerprint density at radius 1 is 1.00 bits per heavy atom. The van der Waals surface area contributed by atoms with Crippen molar-refractivity contribution in [3.63, 3.8) is 0 Å². The number of carbonyl (C=O) groups is 2. The number of piperidine rings is 1. The van der Waals surface area contributed by atoms with Crippen LogP contribution in [0.15, 0.2) is 54.6 Å². The molecule has 1 aliphatic heterocycles. The van der Waals surface area contributed by atoms with Crippen molar-refractivity contribution in [2.24, 2.45) is 5.92 Å². The zero-order chi connectivity index (χ0) is 17.6. The lowest BCUT2D eigenvalue weighted by molar-refractivity contribution is -0.137. The first kappa shape index (κ1) is 17.4. The van der Waals surface area contributed by atoms with Crippen LogP contribution in [0.2, 0.25) is 0 Å². The molecule has 1 atom stereocenters. The highest BCUT2D eigenvalue weighted by atomic mass is 16.4. The van der Waals surface area contributed by atoms with Gasteiger partial charge in [-0.15, -0.1) is 0 Å². The first-order valence-electron chi connectivity index (χ1n) is 8.77. The van der Waals surface area contributed by atoms with Gasteiger partial charge in [0.1, 0.15) is 0 Å². The van der Waals surface area contributed by atoms with Crippen LogP contribution in [0.5, 0.6) is 0 Å². The number of hydrogen-bond acceptors (Lipinski definition) is 3. The summed E-state index contributed by atoms with van der Waals surface area (Å²) < 4.78 is 0. The summed E-state index contributed by atoms with van der Waals surface area (Å²) in [6, 6.07) is 17.9. The predicted molar refractivity (Wildman–Crippen MR) is 97.6 cm³/mol. The lowest BCUT2D eigenvalue weighted by Gasteiger charge is -2.31. The zero-order valence-corrected chi connectivity index (χ0v) is 14.2. The fourth-order valence-electron chi connectivity index (χ4n) is 3.42. The Balaban J connectivity index is 1.65. The van der Waals surface area contributed by atoms with Crippen LogP contribution in [0, 0.1) is 5.92 Å². The maximum atomic E-state index is 12.8. The third-order valence-electron chi connectivity index (χ3n) is 4.79. The van der Waals surface area contributed by atoms with Crippen molar-refractivity contribution in [2.75, 3.05) is 19.6 Å². The van der Waals surface area contributed by atoms with E-state index < -0.39 is 5.97 Å². The number of hydrogen-bond donors (Lipinski definition) is 1. The number of benzene rings is 2. The summed E-state index contributed by atoms with van der Waals surface area (Å²) in [4.78, 5) is 25.6. The lowest BCUT2D eigenvalue weighted by Crippen LogP contribution is -2.39. The minimum atomic E-state index is -0.787. The molecule has 4 heteroatoms.